The molecule has 130 valence electrons. The Morgan fingerprint density at radius 3 is 2.84 bits per heavy atom. The van der Waals surface area contributed by atoms with Crippen LogP contribution in [-0.2, 0) is 13.0 Å². The fourth-order valence-electron chi connectivity index (χ4n) is 2.45. The van der Waals surface area contributed by atoms with Gasteiger partial charge < -0.3 is 10.6 Å². The molecule has 2 aromatic heterocycles. The van der Waals surface area contributed by atoms with Crippen molar-refractivity contribution in [3.8, 4) is 0 Å². The number of aliphatic imine (C=N–C) groups is 1. The number of hydrogen-bond donors (Lipinski definition) is 2. The van der Waals surface area contributed by atoms with Gasteiger partial charge in [-0.2, -0.15) is 0 Å². The summed E-state index contributed by atoms with van der Waals surface area (Å²) in [6.45, 7) is 0.847. The highest BCUT2D eigenvalue weighted by atomic mass is 19.2. The van der Waals surface area contributed by atoms with Crippen LogP contribution < -0.4 is 10.6 Å². The number of aromatic nitrogens is 3. The average molecular weight is 344 g/mol. The Bertz CT molecular complexity index is 890. The first-order valence-electron chi connectivity index (χ1n) is 7.85. The van der Waals surface area contributed by atoms with E-state index in [1.807, 2.05) is 28.8 Å². The van der Waals surface area contributed by atoms with E-state index in [4.69, 9.17) is 0 Å². The predicted octanol–water partition coefficient (Wildman–Crippen LogP) is 1.92. The molecule has 8 heteroatoms. The molecule has 0 aliphatic rings. The average Bonchev–Trinajstić information content (AvgIpc) is 3.04. The van der Waals surface area contributed by atoms with Crippen molar-refractivity contribution in [3.63, 3.8) is 0 Å². The molecule has 0 unspecified atom stereocenters. The van der Waals surface area contributed by atoms with Crippen LogP contribution >= 0.6 is 0 Å². The molecule has 3 rings (SSSR count). The second kappa shape index (κ2) is 7.69. The van der Waals surface area contributed by atoms with E-state index in [9.17, 15) is 8.78 Å². The SMILES string of the molecule is CN=C(NCCc1cccc(F)c1F)NCc1nnc2ccccn12. The number of fused-ring (bicyclic) bond motifs is 1. The number of rotatable bonds is 5. The van der Waals surface area contributed by atoms with Gasteiger partial charge in [0.15, 0.2) is 29.1 Å². The summed E-state index contributed by atoms with van der Waals surface area (Å²) < 4.78 is 28.7. The van der Waals surface area contributed by atoms with E-state index < -0.39 is 11.6 Å². The predicted molar refractivity (Wildman–Crippen MR) is 91.3 cm³/mol. The van der Waals surface area contributed by atoms with Crippen LogP contribution in [0.3, 0.4) is 0 Å². The van der Waals surface area contributed by atoms with Crippen LogP contribution in [0.2, 0.25) is 0 Å². The smallest absolute Gasteiger partial charge is 0.191 e. The standard InChI is InChI=1S/C17H18F2N6/c1-20-17(21-9-8-12-5-4-6-13(18)16(12)19)22-11-15-24-23-14-7-2-3-10-25(14)15/h2-7,10H,8-9,11H2,1H3,(H2,20,21,22). The first kappa shape index (κ1) is 16.8. The largest absolute Gasteiger partial charge is 0.356 e. The Balaban J connectivity index is 1.54. The summed E-state index contributed by atoms with van der Waals surface area (Å²) in [7, 11) is 1.64. The van der Waals surface area contributed by atoms with Crippen LogP contribution in [0.4, 0.5) is 8.78 Å². The fraction of sp³-hybridized carbons (Fsp3) is 0.235. The van der Waals surface area contributed by atoms with Gasteiger partial charge in [0.05, 0.1) is 6.54 Å². The highest BCUT2D eigenvalue weighted by Gasteiger charge is 2.08. The molecular formula is C17H18F2N6. The quantitative estimate of drug-likeness (QED) is 0.548. The maximum absolute atomic E-state index is 13.6. The number of pyridine rings is 1. The Hall–Kier alpha value is -3.03. The molecule has 0 fully saturated rings. The van der Waals surface area contributed by atoms with Gasteiger partial charge in [-0.25, -0.2) is 8.78 Å². The van der Waals surface area contributed by atoms with Crippen molar-refractivity contribution in [2.24, 2.45) is 4.99 Å². The van der Waals surface area contributed by atoms with Crippen molar-refractivity contribution in [2.75, 3.05) is 13.6 Å². The minimum Gasteiger partial charge on any atom is -0.356 e. The van der Waals surface area contributed by atoms with E-state index in [0.717, 1.165) is 17.5 Å². The number of guanidine groups is 1. The first-order chi connectivity index (χ1) is 12.2. The lowest BCUT2D eigenvalue weighted by Gasteiger charge is -2.11. The topological polar surface area (TPSA) is 66.6 Å². The Labute approximate surface area is 143 Å². The van der Waals surface area contributed by atoms with Crippen LogP contribution in [-0.4, -0.2) is 34.2 Å². The van der Waals surface area contributed by atoms with Gasteiger partial charge in [0, 0.05) is 19.8 Å². The molecule has 0 amide bonds. The number of halogens is 2. The summed E-state index contributed by atoms with van der Waals surface area (Å²) in [6.07, 6.45) is 2.23. The van der Waals surface area contributed by atoms with Crippen LogP contribution in [0, 0.1) is 11.6 Å². The summed E-state index contributed by atoms with van der Waals surface area (Å²) in [4.78, 5) is 4.11. The lowest BCUT2D eigenvalue weighted by atomic mass is 10.1. The van der Waals surface area contributed by atoms with Crippen molar-refractivity contribution in [3.05, 3.63) is 65.6 Å². The molecule has 2 heterocycles. The summed E-state index contributed by atoms with van der Waals surface area (Å²) in [5.41, 5.74) is 1.09. The third-order valence-corrected chi connectivity index (χ3v) is 3.74. The molecule has 0 bridgehead atoms. The molecule has 25 heavy (non-hydrogen) atoms. The lowest BCUT2D eigenvalue weighted by molar-refractivity contribution is 0.498. The minimum atomic E-state index is -0.835. The van der Waals surface area contributed by atoms with E-state index in [0.29, 0.717) is 31.0 Å². The molecule has 0 saturated carbocycles. The molecule has 0 radical (unpaired) electrons. The molecule has 6 nitrogen and oxygen atoms in total. The second-order valence-corrected chi connectivity index (χ2v) is 5.36. The highest BCUT2D eigenvalue weighted by molar-refractivity contribution is 5.79. The Morgan fingerprint density at radius 2 is 2.00 bits per heavy atom. The lowest BCUT2D eigenvalue weighted by Crippen LogP contribution is -2.38. The van der Waals surface area contributed by atoms with E-state index in [1.54, 1.807) is 13.1 Å². The van der Waals surface area contributed by atoms with Crippen LogP contribution in [0.1, 0.15) is 11.4 Å². The van der Waals surface area contributed by atoms with Crippen molar-refractivity contribution >= 4 is 11.6 Å². The van der Waals surface area contributed by atoms with Crippen LogP contribution in [0.25, 0.3) is 5.65 Å². The summed E-state index contributed by atoms with van der Waals surface area (Å²) in [5, 5.41) is 14.4. The van der Waals surface area contributed by atoms with Crippen LogP contribution in [0.15, 0.2) is 47.6 Å². The molecule has 1 aromatic carbocycles. The van der Waals surface area contributed by atoms with Crippen LogP contribution in [0.5, 0.6) is 0 Å². The fourth-order valence-corrected chi connectivity index (χ4v) is 2.45. The second-order valence-electron chi connectivity index (χ2n) is 5.36. The zero-order valence-corrected chi connectivity index (χ0v) is 13.7. The third-order valence-electron chi connectivity index (χ3n) is 3.74. The molecule has 0 aliphatic heterocycles. The van der Waals surface area contributed by atoms with Gasteiger partial charge in [0.1, 0.15) is 0 Å². The van der Waals surface area contributed by atoms with Crippen molar-refractivity contribution in [1.29, 1.82) is 0 Å². The molecule has 0 atom stereocenters. The molecule has 0 spiro atoms. The number of hydrogen-bond acceptors (Lipinski definition) is 3. The van der Waals surface area contributed by atoms with E-state index in [-0.39, 0.29) is 0 Å². The highest BCUT2D eigenvalue weighted by Crippen LogP contribution is 2.11. The summed E-state index contributed by atoms with van der Waals surface area (Å²) >= 11 is 0. The number of benzene rings is 1. The Morgan fingerprint density at radius 1 is 1.12 bits per heavy atom. The molecule has 0 saturated heterocycles. The van der Waals surface area contributed by atoms with Crippen molar-refractivity contribution in [2.45, 2.75) is 13.0 Å². The van der Waals surface area contributed by atoms with Gasteiger partial charge >= 0.3 is 0 Å². The zero-order valence-electron chi connectivity index (χ0n) is 13.7. The van der Waals surface area contributed by atoms with Gasteiger partial charge in [-0.1, -0.05) is 18.2 Å². The summed E-state index contributed by atoms with van der Waals surface area (Å²) in [5.74, 6) is -0.347. The molecule has 3 aromatic rings. The van der Waals surface area contributed by atoms with E-state index >= 15 is 0 Å². The number of nitrogens with one attached hydrogen (secondary N) is 2. The zero-order chi connectivity index (χ0) is 17.6. The molecule has 0 aliphatic carbocycles. The summed E-state index contributed by atoms with van der Waals surface area (Å²) in [6, 6.07) is 9.84. The molecular weight excluding hydrogens is 326 g/mol. The minimum absolute atomic E-state index is 0.325. The monoisotopic (exact) mass is 344 g/mol. The van der Waals surface area contributed by atoms with E-state index in [2.05, 4.69) is 25.8 Å². The number of nitrogens with zero attached hydrogens (tertiary/aromatic N) is 4. The van der Waals surface area contributed by atoms with Gasteiger partial charge in [-0.15, -0.1) is 10.2 Å². The van der Waals surface area contributed by atoms with E-state index in [1.165, 1.54) is 6.07 Å². The van der Waals surface area contributed by atoms with Gasteiger partial charge in [-0.3, -0.25) is 9.39 Å². The maximum atomic E-state index is 13.6. The normalized spacial score (nSPS) is 11.7. The first-order valence-corrected chi connectivity index (χ1v) is 7.85. The maximum Gasteiger partial charge on any atom is 0.191 e. The third kappa shape index (κ3) is 3.90. The van der Waals surface area contributed by atoms with Gasteiger partial charge in [0.2, 0.25) is 0 Å². The van der Waals surface area contributed by atoms with Gasteiger partial charge in [-0.05, 0) is 30.2 Å². The van der Waals surface area contributed by atoms with Gasteiger partial charge in [0.25, 0.3) is 0 Å². The van der Waals surface area contributed by atoms with Crippen molar-refractivity contribution in [1.82, 2.24) is 25.2 Å². The Kier molecular flexibility index (Phi) is 5.17. The van der Waals surface area contributed by atoms with Crippen molar-refractivity contribution < 1.29 is 8.78 Å². The molecule has 2 N–H and O–H groups in total.